The molecule has 6 rings (SSSR count). The van der Waals surface area contributed by atoms with Crippen LogP contribution in [0.3, 0.4) is 0 Å². The van der Waals surface area contributed by atoms with Crippen LogP contribution in [0.4, 0.5) is 17.3 Å². The van der Waals surface area contributed by atoms with E-state index in [0.29, 0.717) is 18.1 Å². The van der Waals surface area contributed by atoms with Crippen molar-refractivity contribution in [1.29, 1.82) is 0 Å². The number of hydrogen-bond acceptors (Lipinski definition) is 6. The van der Waals surface area contributed by atoms with Gasteiger partial charge in [0.15, 0.2) is 0 Å². The number of benzene rings is 3. The lowest BCUT2D eigenvalue weighted by atomic mass is 10.1. The van der Waals surface area contributed by atoms with E-state index in [4.69, 9.17) is 9.97 Å². The Morgan fingerprint density at radius 2 is 1.64 bits per heavy atom. The number of imidazole rings is 1. The molecule has 0 spiro atoms. The van der Waals surface area contributed by atoms with E-state index in [1.165, 1.54) is 5.56 Å². The Balaban J connectivity index is 1.30. The van der Waals surface area contributed by atoms with Crippen LogP contribution in [0.15, 0.2) is 116 Å². The molecule has 0 saturated carbocycles. The number of anilines is 3. The molecule has 8 nitrogen and oxygen atoms in total. The Morgan fingerprint density at radius 3 is 2.48 bits per heavy atom. The monoisotopic (exact) mass is 553 g/mol. The Bertz CT molecular complexity index is 1810. The lowest BCUT2D eigenvalue weighted by Crippen LogP contribution is -2.14. The maximum absolute atomic E-state index is 12.8. The van der Waals surface area contributed by atoms with Crippen molar-refractivity contribution in [2.45, 2.75) is 12.8 Å². The van der Waals surface area contributed by atoms with Crippen LogP contribution in [-0.4, -0.2) is 38.9 Å². The second-order valence-corrected chi connectivity index (χ2v) is 9.97. The molecule has 0 fully saturated rings. The maximum atomic E-state index is 12.8. The van der Waals surface area contributed by atoms with Gasteiger partial charge in [0.2, 0.25) is 11.9 Å². The first-order valence-electron chi connectivity index (χ1n) is 13.9. The van der Waals surface area contributed by atoms with Gasteiger partial charge in [-0.1, -0.05) is 60.7 Å². The van der Waals surface area contributed by atoms with Crippen LogP contribution in [0.1, 0.15) is 11.1 Å². The summed E-state index contributed by atoms with van der Waals surface area (Å²) in [5.41, 5.74) is 7.85. The fourth-order valence-electron chi connectivity index (χ4n) is 4.88. The molecule has 0 aliphatic heterocycles. The van der Waals surface area contributed by atoms with E-state index in [0.717, 1.165) is 52.5 Å². The lowest BCUT2D eigenvalue weighted by Gasteiger charge is -2.10. The van der Waals surface area contributed by atoms with Crippen LogP contribution in [-0.2, 0) is 17.6 Å². The zero-order chi connectivity index (χ0) is 28.7. The first-order chi connectivity index (χ1) is 20.7. The molecular weight excluding hydrogens is 522 g/mol. The summed E-state index contributed by atoms with van der Waals surface area (Å²) in [6, 6.07) is 33.5. The van der Waals surface area contributed by atoms with Gasteiger partial charge in [0, 0.05) is 29.3 Å². The van der Waals surface area contributed by atoms with Gasteiger partial charge in [0.05, 0.1) is 23.5 Å². The van der Waals surface area contributed by atoms with Crippen LogP contribution in [0.2, 0.25) is 0 Å². The first kappa shape index (κ1) is 26.9. The minimum atomic E-state index is -0.0739. The quantitative estimate of drug-likeness (QED) is 0.188. The number of fused-ring (bicyclic) bond motifs is 1. The minimum absolute atomic E-state index is 0.0739. The molecule has 0 aliphatic carbocycles. The molecule has 0 bridgehead atoms. The van der Waals surface area contributed by atoms with Gasteiger partial charge in [-0.05, 0) is 73.6 Å². The molecule has 3 heterocycles. The van der Waals surface area contributed by atoms with Crippen molar-refractivity contribution < 1.29 is 4.79 Å². The number of aromatic nitrogens is 4. The smallest absolute Gasteiger partial charge is 0.228 e. The zero-order valence-corrected chi connectivity index (χ0v) is 23.3. The highest BCUT2D eigenvalue weighted by atomic mass is 16.1. The van der Waals surface area contributed by atoms with Gasteiger partial charge < -0.3 is 16.0 Å². The topological polar surface area (TPSA) is 96.2 Å². The van der Waals surface area contributed by atoms with Gasteiger partial charge in [-0.25, -0.2) is 15.0 Å². The molecule has 0 aliphatic rings. The van der Waals surface area contributed by atoms with Crippen LogP contribution >= 0.6 is 0 Å². The Morgan fingerprint density at radius 1 is 0.810 bits per heavy atom. The molecule has 42 heavy (non-hydrogen) atoms. The summed E-state index contributed by atoms with van der Waals surface area (Å²) in [6.07, 6.45) is 5.00. The van der Waals surface area contributed by atoms with Crippen molar-refractivity contribution >= 4 is 28.9 Å². The third-order valence-corrected chi connectivity index (χ3v) is 6.93. The predicted octanol–water partition coefficient (Wildman–Crippen LogP) is 6.15. The average molecular weight is 554 g/mol. The van der Waals surface area contributed by atoms with Crippen molar-refractivity contribution in [3.05, 3.63) is 127 Å². The highest BCUT2D eigenvalue weighted by Crippen LogP contribution is 2.33. The molecule has 1 amide bonds. The van der Waals surface area contributed by atoms with Crippen molar-refractivity contribution in [3.63, 3.8) is 0 Å². The SMILES string of the molecule is CNCCc1ccc(Nc2nccc(-c3c(-c4cccc(NC(=O)Cc5ccccc5)c4)nc4ccccn34)n2)cc1. The zero-order valence-electron chi connectivity index (χ0n) is 23.3. The highest BCUT2D eigenvalue weighted by molar-refractivity contribution is 5.93. The van der Waals surface area contributed by atoms with E-state index in [9.17, 15) is 4.79 Å². The number of carbonyl (C=O) groups is 1. The molecule has 0 radical (unpaired) electrons. The maximum Gasteiger partial charge on any atom is 0.228 e. The van der Waals surface area contributed by atoms with Gasteiger partial charge in [-0.2, -0.15) is 0 Å². The lowest BCUT2D eigenvalue weighted by molar-refractivity contribution is -0.115. The fraction of sp³-hybridized carbons (Fsp3) is 0.118. The van der Waals surface area contributed by atoms with Gasteiger partial charge in [0.1, 0.15) is 5.65 Å². The van der Waals surface area contributed by atoms with Gasteiger partial charge in [0.25, 0.3) is 0 Å². The number of amides is 1. The number of pyridine rings is 1. The summed E-state index contributed by atoms with van der Waals surface area (Å²) in [5.74, 6) is 0.421. The largest absolute Gasteiger partial charge is 0.326 e. The summed E-state index contributed by atoms with van der Waals surface area (Å²) in [4.78, 5) is 27.1. The predicted molar refractivity (Wildman–Crippen MR) is 168 cm³/mol. The summed E-state index contributed by atoms with van der Waals surface area (Å²) < 4.78 is 2.03. The Labute approximate surface area is 244 Å². The van der Waals surface area contributed by atoms with E-state index < -0.39 is 0 Å². The number of hydrogen-bond donors (Lipinski definition) is 3. The molecule has 8 heteroatoms. The third kappa shape index (κ3) is 6.19. The second kappa shape index (κ2) is 12.4. The number of carbonyl (C=O) groups excluding carboxylic acids is 1. The normalized spacial score (nSPS) is 11.0. The molecule has 208 valence electrons. The summed E-state index contributed by atoms with van der Waals surface area (Å²) in [7, 11) is 1.96. The number of nitrogens with one attached hydrogen (secondary N) is 3. The average Bonchev–Trinajstić information content (AvgIpc) is 3.41. The first-order valence-corrected chi connectivity index (χ1v) is 13.9. The third-order valence-electron chi connectivity index (χ3n) is 6.93. The minimum Gasteiger partial charge on any atom is -0.326 e. The van der Waals surface area contributed by atoms with E-state index >= 15 is 0 Å². The second-order valence-electron chi connectivity index (χ2n) is 9.97. The van der Waals surface area contributed by atoms with Crippen molar-refractivity contribution in [3.8, 4) is 22.6 Å². The van der Waals surface area contributed by atoms with Crippen LogP contribution < -0.4 is 16.0 Å². The van der Waals surface area contributed by atoms with Crippen molar-refractivity contribution in [1.82, 2.24) is 24.7 Å². The molecule has 0 atom stereocenters. The molecule has 3 aromatic carbocycles. The van der Waals surface area contributed by atoms with Gasteiger partial charge >= 0.3 is 0 Å². The van der Waals surface area contributed by atoms with Crippen molar-refractivity contribution in [2.75, 3.05) is 24.2 Å². The van der Waals surface area contributed by atoms with Gasteiger partial charge in [-0.15, -0.1) is 0 Å². The van der Waals surface area contributed by atoms with E-state index in [-0.39, 0.29) is 5.91 Å². The Kier molecular flexibility index (Phi) is 7.96. The molecular formula is C34H31N7O. The summed E-state index contributed by atoms with van der Waals surface area (Å²) >= 11 is 0. The fourth-order valence-corrected chi connectivity index (χ4v) is 4.88. The van der Waals surface area contributed by atoms with Crippen LogP contribution in [0.5, 0.6) is 0 Å². The van der Waals surface area contributed by atoms with Gasteiger partial charge in [-0.3, -0.25) is 9.20 Å². The number of nitrogens with zero attached hydrogens (tertiary/aromatic N) is 4. The van der Waals surface area contributed by atoms with E-state index in [2.05, 4.69) is 33.1 Å². The highest BCUT2D eigenvalue weighted by Gasteiger charge is 2.18. The standard InChI is InChI=1S/C34H31N7O/c1-35-19-17-24-13-15-27(16-14-24)38-34-36-20-18-29(39-34)33-32(40-30-12-5-6-21-41(30)33)26-10-7-11-28(23-26)37-31(42)22-25-8-3-2-4-9-25/h2-16,18,20-21,23,35H,17,19,22H2,1H3,(H,37,42)(H,36,38,39). The molecule has 6 aromatic rings. The van der Waals surface area contributed by atoms with Crippen LogP contribution in [0, 0.1) is 0 Å². The molecule has 0 saturated heterocycles. The van der Waals surface area contributed by atoms with E-state index in [1.54, 1.807) is 6.20 Å². The summed E-state index contributed by atoms with van der Waals surface area (Å²) in [5, 5.41) is 9.54. The molecule has 3 N–H and O–H groups in total. The Hall–Kier alpha value is -5.34. The molecule has 3 aromatic heterocycles. The number of rotatable bonds is 10. The summed E-state index contributed by atoms with van der Waals surface area (Å²) in [6.45, 7) is 0.933. The number of likely N-dealkylation sites (N-methyl/N-ethyl adjacent to an activating group) is 1. The van der Waals surface area contributed by atoms with E-state index in [1.807, 2.05) is 109 Å². The molecule has 0 unspecified atom stereocenters. The van der Waals surface area contributed by atoms with Crippen molar-refractivity contribution in [2.24, 2.45) is 0 Å². The van der Waals surface area contributed by atoms with Crippen LogP contribution in [0.25, 0.3) is 28.3 Å².